The van der Waals surface area contributed by atoms with Gasteiger partial charge >= 0.3 is 0 Å². The summed E-state index contributed by atoms with van der Waals surface area (Å²) in [7, 11) is 0.428. The molecule has 8 aromatic rings. The van der Waals surface area contributed by atoms with Gasteiger partial charge in [-0.25, -0.2) is 0 Å². The molecule has 0 saturated heterocycles. The Morgan fingerprint density at radius 3 is 1.31 bits per heavy atom. The number of rotatable bonds is 13. The molecule has 6 aromatic carbocycles. The Morgan fingerprint density at radius 1 is 0.521 bits per heavy atom. The summed E-state index contributed by atoms with van der Waals surface area (Å²) in [6.45, 7) is 18.0. The van der Waals surface area contributed by atoms with Crippen LogP contribution in [0.1, 0.15) is 48.8 Å². The van der Waals surface area contributed by atoms with Gasteiger partial charge in [0, 0.05) is 55.6 Å². The fourth-order valence-corrected chi connectivity index (χ4v) is 11.1. The number of halogens is 2. The lowest BCUT2D eigenvalue weighted by atomic mass is 10.1. The fraction of sp³-hybridized carbons (Fsp3) is 0.228. The van der Waals surface area contributed by atoms with Gasteiger partial charge in [-0.3, -0.25) is 28.3 Å². The molecule has 2 amide bonds. The maximum absolute atomic E-state index is 13.4. The number of hydrogen-bond acceptors (Lipinski definition) is 6. The molecular weight excluding hydrogens is 964 g/mol. The van der Waals surface area contributed by atoms with Crippen molar-refractivity contribution < 1.29 is 28.7 Å². The molecule has 0 radical (unpaired) electrons. The van der Waals surface area contributed by atoms with Crippen molar-refractivity contribution in [1.82, 2.24) is 14.5 Å². The van der Waals surface area contributed by atoms with E-state index in [-0.39, 0.29) is 36.5 Å². The zero-order valence-corrected chi connectivity index (χ0v) is 45.4. The Morgan fingerprint density at radius 2 is 0.915 bits per heavy atom. The van der Waals surface area contributed by atoms with Gasteiger partial charge in [0.25, 0.3) is 11.8 Å². The number of nitrogens with zero attached hydrogens (tertiary/aromatic N) is 2. The third-order valence-corrected chi connectivity index (χ3v) is 17.3. The standard InChI is InChI=1S/C29H31ClN2O3Si.C28H29ClN2O3Si/c1-19-25(17-28(33)31-18-20-6-13-24(14-7-20)36(3,4)5)26-16-23(35-2)12-15-27(26)32(19)29(34)21-8-10-22(30)11-9-21;1-18-24(17-27(32)30-21-10-13-23(14-11-21)35(3,4)5)25-16-22(34-2)12-15-26(25)31(18)28(33)19-6-8-20(29)9-7-19/h6-16H,17-18H2,1-5H3,(H,31,33);6-16H,17H2,1-5H3,(H,30,32). The van der Waals surface area contributed by atoms with Gasteiger partial charge in [0.05, 0.1) is 54.2 Å². The molecule has 2 aromatic heterocycles. The van der Waals surface area contributed by atoms with Gasteiger partial charge in [-0.1, -0.05) is 109 Å². The van der Waals surface area contributed by atoms with Crippen LogP contribution in [0.3, 0.4) is 0 Å². The van der Waals surface area contributed by atoms with E-state index in [1.807, 2.05) is 62.4 Å². The number of carbonyl (C=O) groups excluding carboxylic acids is 4. The van der Waals surface area contributed by atoms with Crippen LogP contribution in [0.15, 0.2) is 133 Å². The average Bonchev–Trinajstić information content (AvgIpc) is 3.77. The molecule has 0 spiro atoms. The molecule has 0 aliphatic rings. The molecule has 0 saturated carbocycles. The molecule has 0 aliphatic heterocycles. The molecule has 2 heterocycles. The lowest BCUT2D eigenvalue weighted by Crippen LogP contribution is -2.37. The predicted octanol–water partition coefficient (Wildman–Crippen LogP) is 11.7. The number of carbonyl (C=O) groups is 4. The van der Waals surface area contributed by atoms with E-state index in [4.69, 9.17) is 32.7 Å². The van der Waals surface area contributed by atoms with Crippen LogP contribution in [0, 0.1) is 13.8 Å². The van der Waals surface area contributed by atoms with Crippen LogP contribution in [-0.2, 0) is 29.0 Å². The summed E-state index contributed by atoms with van der Waals surface area (Å²) in [4.78, 5) is 52.9. The van der Waals surface area contributed by atoms with Gasteiger partial charge in [-0.15, -0.1) is 0 Å². The highest BCUT2D eigenvalue weighted by Gasteiger charge is 2.25. The number of methoxy groups -OCH3 is 2. The van der Waals surface area contributed by atoms with Crippen LogP contribution in [0.4, 0.5) is 5.69 Å². The van der Waals surface area contributed by atoms with Crippen LogP contribution in [0.25, 0.3) is 21.8 Å². The second kappa shape index (κ2) is 21.7. The number of nitrogens with one attached hydrogen (secondary N) is 2. The molecule has 10 nitrogen and oxygen atoms in total. The van der Waals surface area contributed by atoms with Crippen LogP contribution in [0.5, 0.6) is 11.5 Å². The number of benzene rings is 6. The summed E-state index contributed by atoms with van der Waals surface area (Å²) in [5, 5.41) is 11.5. The molecule has 366 valence electrons. The van der Waals surface area contributed by atoms with Gasteiger partial charge < -0.3 is 20.1 Å². The first-order chi connectivity index (χ1) is 33.7. The molecule has 0 fully saturated rings. The molecular formula is C57H60Cl2N4O6Si2. The number of hydrogen-bond donors (Lipinski definition) is 2. The van der Waals surface area contributed by atoms with E-state index >= 15 is 0 Å². The van der Waals surface area contributed by atoms with Gasteiger partial charge in [0.1, 0.15) is 11.5 Å². The fourth-order valence-electron chi connectivity index (χ4n) is 8.56. The smallest absolute Gasteiger partial charge is 0.262 e. The molecule has 0 unspecified atom stereocenters. The van der Waals surface area contributed by atoms with Crippen molar-refractivity contribution in [3.05, 3.63) is 183 Å². The summed E-state index contributed by atoms with van der Waals surface area (Å²) in [6, 6.07) is 41.3. The number of anilines is 1. The Hall–Kier alpha value is -6.71. The van der Waals surface area contributed by atoms with E-state index in [1.54, 1.807) is 71.9 Å². The van der Waals surface area contributed by atoms with E-state index in [2.05, 4.69) is 86.3 Å². The normalized spacial score (nSPS) is 11.5. The monoisotopic (exact) mass is 1020 g/mol. The number of aromatic nitrogens is 2. The molecule has 14 heteroatoms. The summed E-state index contributed by atoms with van der Waals surface area (Å²) in [5.74, 6) is 0.735. The van der Waals surface area contributed by atoms with Gasteiger partial charge in [-0.05, 0) is 128 Å². The van der Waals surface area contributed by atoms with E-state index in [0.29, 0.717) is 39.2 Å². The summed E-state index contributed by atoms with van der Waals surface area (Å²) in [5.41, 5.74) is 7.36. The third-order valence-electron chi connectivity index (χ3n) is 12.7. The zero-order valence-electron chi connectivity index (χ0n) is 41.9. The zero-order chi connectivity index (χ0) is 51.4. The second-order valence-corrected chi connectivity index (χ2v) is 30.7. The van der Waals surface area contributed by atoms with Crippen LogP contribution in [-0.4, -0.2) is 63.1 Å². The molecule has 0 bridgehead atoms. The number of fused-ring (bicyclic) bond motifs is 2. The molecule has 2 N–H and O–H groups in total. The lowest BCUT2D eigenvalue weighted by molar-refractivity contribution is -0.120. The minimum Gasteiger partial charge on any atom is -0.497 e. The first-order valence-corrected chi connectivity index (χ1v) is 31.1. The quantitative estimate of drug-likeness (QED) is 0.111. The Balaban J connectivity index is 0.000000209. The Bertz CT molecular complexity index is 3260. The van der Waals surface area contributed by atoms with E-state index < -0.39 is 16.1 Å². The minimum absolute atomic E-state index is 0.104. The lowest BCUT2D eigenvalue weighted by Gasteiger charge is -2.17. The molecule has 71 heavy (non-hydrogen) atoms. The third kappa shape index (κ3) is 12.1. The highest BCUT2D eigenvalue weighted by atomic mass is 35.5. The number of ether oxygens (including phenoxy) is 2. The topological polar surface area (TPSA) is 121 Å². The van der Waals surface area contributed by atoms with Crippen molar-refractivity contribution in [2.24, 2.45) is 0 Å². The van der Waals surface area contributed by atoms with E-state index in [0.717, 1.165) is 55.6 Å². The molecule has 0 atom stereocenters. The van der Waals surface area contributed by atoms with Crippen molar-refractivity contribution in [2.75, 3.05) is 19.5 Å². The second-order valence-electron chi connectivity index (χ2n) is 19.6. The van der Waals surface area contributed by atoms with E-state index in [1.165, 1.54) is 10.4 Å². The van der Waals surface area contributed by atoms with Crippen molar-refractivity contribution in [1.29, 1.82) is 0 Å². The van der Waals surface area contributed by atoms with Gasteiger partial charge in [-0.2, -0.15) is 0 Å². The first kappa shape index (κ1) is 52.1. The molecule has 0 aliphatic carbocycles. The minimum atomic E-state index is -1.41. The summed E-state index contributed by atoms with van der Waals surface area (Å²) in [6.07, 6.45) is 0.287. The first-order valence-electron chi connectivity index (χ1n) is 23.4. The maximum Gasteiger partial charge on any atom is 0.262 e. The van der Waals surface area contributed by atoms with Crippen molar-refractivity contribution in [2.45, 2.75) is 72.5 Å². The van der Waals surface area contributed by atoms with Gasteiger partial charge in [0.2, 0.25) is 11.8 Å². The summed E-state index contributed by atoms with van der Waals surface area (Å²) >= 11 is 12.0. The highest BCUT2D eigenvalue weighted by molar-refractivity contribution is 6.89. The van der Waals surface area contributed by atoms with Crippen LogP contribution >= 0.6 is 23.2 Å². The van der Waals surface area contributed by atoms with Crippen molar-refractivity contribution >= 4 is 101 Å². The number of amides is 2. The predicted molar refractivity (Wildman–Crippen MR) is 296 cm³/mol. The van der Waals surface area contributed by atoms with Crippen LogP contribution < -0.4 is 30.5 Å². The maximum atomic E-state index is 13.4. The highest BCUT2D eigenvalue weighted by Crippen LogP contribution is 2.33. The van der Waals surface area contributed by atoms with Crippen molar-refractivity contribution in [3.63, 3.8) is 0 Å². The average molecular weight is 1020 g/mol. The van der Waals surface area contributed by atoms with Crippen LogP contribution in [0.2, 0.25) is 49.3 Å². The largest absolute Gasteiger partial charge is 0.497 e. The molecule has 8 rings (SSSR count). The van der Waals surface area contributed by atoms with E-state index in [9.17, 15) is 19.2 Å². The Labute approximate surface area is 427 Å². The summed E-state index contributed by atoms with van der Waals surface area (Å²) < 4.78 is 14.2. The Kier molecular flexibility index (Phi) is 16.0. The SMILES string of the molecule is COc1ccc2c(c1)c(CC(=O)NCc1ccc([Si](C)(C)C)cc1)c(C)n2C(=O)c1ccc(Cl)cc1.COc1ccc2c(c1)c(CC(=O)Nc1ccc([Si](C)(C)C)cc1)c(C)n2C(=O)c1ccc(Cl)cc1. The van der Waals surface area contributed by atoms with Crippen molar-refractivity contribution in [3.8, 4) is 11.5 Å². The van der Waals surface area contributed by atoms with Gasteiger partial charge in [0.15, 0.2) is 0 Å².